The molecule has 1 atom stereocenters. The molecule has 1 aromatic carbocycles. The summed E-state index contributed by atoms with van der Waals surface area (Å²) in [5.74, 6) is -0.203. The van der Waals surface area contributed by atoms with Crippen molar-refractivity contribution in [3.8, 4) is 0 Å². The number of ether oxygens (including phenoxy) is 1. The highest BCUT2D eigenvalue weighted by atomic mass is 35.5. The lowest BCUT2D eigenvalue weighted by Crippen LogP contribution is -2.27. The summed E-state index contributed by atoms with van der Waals surface area (Å²) < 4.78 is 19.2. The minimum atomic E-state index is -0.203. The number of benzene rings is 1. The van der Waals surface area contributed by atoms with Crippen LogP contribution in [0.25, 0.3) is 0 Å². The van der Waals surface area contributed by atoms with Crippen LogP contribution < -0.4 is 0 Å². The second kappa shape index (κ2) is 4.80. The van der Waals surface area contributed by atoms with Gasteiger partial charge in [0.15, 0.2) is 0 Å². The molecule has 98 valence electrons. The molecule has 0 bridgehead atoms. The van der Waals surface area contributed by atoms with E-state index < -0.39 is 0 Å². The van der Waals surface area contributed by atoms with Gasteiger partial charge in [0.1, 0.15) is 5.82 Å². The van der Waals surface area contributed by atoms with E-state index in [1.165, 1.54) is 12.5 Å². The zero-order valence-electron chi connectivity index (χ0n) is 10.3. The number of rotatable bonds is 2. The minimum Gasteiger partial charge on any atom is -0.381 e. The number of nitrogens with zero attached hydrogens (tertiary/aromatic N) is 1. The third-order valence-electron chi connectivity index (χ3n) is 4.11. The molecule has 2 aliphatic rings. The Morgan fingerprint density at radius 3 is 3.00 bits per heavy atom. The van der Waals surface area contributed by atoms with Crippen LogP contribution in [0.1, 0.15) is 18.4 Å². The molecule has 2 heterocycles. The molecule has 0 aliphatic carbocycles. The maximum absolute atomic E-state index is 13.7. The Labute approximate surface area is 112 Å². The Balaban J connectivity index is 1.67. The van der Waals surface area contributed by atoms with Crippen molar-refractivity contribution < 1.29 is 9.13 Å². The second-order valence-electron chi connectivity index (χ2n) is 5.50. The van der Waals surface area contributed by atoms with Gasteiger partial charge in [-0.05, 0) is 31.5 Å². The number of hydrogen-bond donors (Lipinski definition) is 0. The maximum atomic E-state index is 13.7. The van der Waals surface area contributed by atoms with E-state index in [0.29, 0.717) is 17.0 Å². The van der Waals surface area contributed by atoms with Crippen molar-refractivity contribution in [3.05, 3.63) is 34.6 Å². The van der Waals surface area contributed by atoms with Crippen molar-refractivity contribution >= 4 is 11.6 Å². The molecule has 2 aliphatic heterocycles. The van der Waals surface area contributed by atoms with Gasteiger partial charge in [0, 0.05) is 35.7 Å². The van der Waals surface area contributed by atoms with E-state index in [9.17, 15) is 4.39 Å². The summed E-state index contributed by atoms with van der Waals surface area (Å²) in [5, 5.41) is 0.457. The number of likely N-dealkylation sites (tertiary alicyclic amines) is 1. The van der Waals surface area contributed by atoms with Crippen LogP contribution in [0.5, 0.6) is 0 Å². The molecule has 1 unspecified atom stereocenters. The topological polar surface area (TPSA) is 12.5 Å². The summed E-state index contributed by atoms with van der Waals surface area (Å²) in [6, 6.07) is 4.93. The second-order valence-corrected chi connectivity index (χ2v) is 5.94. The van der Waals surface area contributed by atoms with Crippen LogP contribution >= 0.6 is 11.6 Å². The first-order valence-electron chi connectivity index (χ1n) is 6.41. The van der Waals surface area contributed by atoms with Gasteiger partial charge in [-0.1, -0.05) is 17.7 Å². The van der Waals surface area contributed by atoms with Gasteiger partial charge in [0.05, 0.1) is 6.61 Å². The van der Waals surface area contributed by atoms with Gasteiger partial charge in [-0.25, -0.2) is 4.39 Å². The van der Waals surface area contributed by atoms with E-state index in [1.807, 2.05) is 0 Å². The molecule has 0 amide bonds. The van der Waals surface area contributed by atoms with Crippen molar-refractivity contribution in [2.45, 2.75) is 19.4 Å². The molecular weight excluding hydrogens is 253 g/mol. The molecule has 0 radical (unpaired) electrons. The summed E-state index contributed by atoms with van der Waals surface area (Å²) in [6.07, 6.45) is 2.31. The van der Waals surface area contributed by atoms with Crippen LogP contribution in [0.4, 0.5) is 4.39 Å². The first kappa shape index (κ1) is 12.4. The fourth-order valence-corrected chi connectivity index (χ4v) is 3.18. The average molecular weight is 270 g/mol. The molecule has 18 heavy (non-hydrogen) atoms. The lowest BCUT2D eigenvalue weighted by Gasteiger charge is -2.22. The SMILES string of the molecule is Fc1cc(Cl)ccc1CN1CCC2(CCOC2)C1. The van der Waals surface area contributed by atoms with Crippen molar-refractivity contribution in [1.29, 1.82) is 0 Å². The van der Waals surface area contributed by atoms with Crippen LogP contribution in [0.2, 0.25) is 5.02 Å². The van der Waals surface area contributed by atoms with E-state index in [0.717, 1.165) is 38.3 Å². The maximum Gasteiger partial charge on any atom is 0.129 e. The molecule has 1 aromatic rings. The Morgan fingerprint density at radius 2 is 2.28 bits per heavy atom. The molecule has 1 spiro atoms. The third kappa shape index (κ3) is 2.40. The molecular formula is C14H17ClFNO. The number of hydrogen-bond acceptors (Lipinski definition) is 2. The van der Waals surface area contributed by atoms with Crippen LogP contribution in [0.3, 0.4) is 0 Å². The Morgan fingerprint density at radius 1 is 1.39 bits per heavy atom. The largest absolute Gasteiger partial charge is 0.381 e. The number of halogens is 2. The molecule has 0 aromatic heterocycles. The van der Waals surface area contributed by atoms with Gasteiger partial charge in [0.2, 0.25) is 0 Å². The summed E-state index contributed by atoms with van der Waals surface area (Å²) >= 11 is 5.76. The van der Waals surface area contributed by atoms with Gasteiger partial charge >= 0.3 is 0 Å². The van der Waals surface area contributed by atoms with Gasteiger partial charge < -0.3 is 4.74 Å². The highest BCUT2D eigenvalue weighted by Gasteiger charge is 2.41. The zero-order valence-corrected chi connectivity index (χ0v) is 11.0. The van der Waals surface area contributed by atoms with Crippen LogP contribution in [-0.2, 0) is 11.3 Å². The van der Waals surface area contributed by atoms with E-state index in [4.69, 9.17) is 16.3 Å². The summed E-state index contributed by atoms with van der Waals surface area (Å²) in [7, 11) is 0. The van der Waals surface area contributed by atoms with E-state index in [-0.39, 0.29) is 5.82 Å². The van der Waals surface area contributed by atoms with Crippen LogP contribution in [-0.4, -0.2) is 31.2 Å². The highest BCUT2D eigenvalue weighted by molar-refractivity contribution is 6.30. The molecule has 2 nitrogen and oxygen atoms in total. The highest BCUT2D eigenvalue weighted by Crippen LogP contribution is 2.38. The lowest BCUT2D eigenvalue weighted by molar-refractivity contribution is 0.151. The zero-order chi connectivity index (χ0) is 12.6. The minimum absolute atomic E-state index is 0.203. The van der Waals surface area contributed by atoms with Crippen molar-refractivity contribution in [2.24, 2.45) is 5.41 Å². The molecule has 3 rings (SSSR count). The molecule has 0 saturated carbocycles. The molecule has 4 heteroatoms. The first-order valence-corrected chi connectivity index (χ1v) is 6.79. The van der Waals surface area contributed by atoms with Gasteiger partial charge in [-0.2, -0.15) is 0 Å². The first-order chi connectivity index (χ1) is 8.67. The van der Waals surface area contributed by atoms with Crippen molar-refractivity contribution in [3.63, 3.8) is 0 Å². The van der Waals surface area contributed by atoms with Crippen molar-refractivity contribution in [2.75, 3.05) is 26.3 Å². The van der Waals surface area contributed by atoms with Crippen LogP contribution in [0.15, 0.2) is 18.2 Å². The Hall–Kier alpha value is -0.640. The Kier molecular flexibility index (Phi) is 3.31. The van der Waals surface area contributed by atoms with Gasteiger partial charge in [-0.15, -0.1) is 0 Å². The summed E-state index contributed by atoms with van der Waals surface area (Å²) in [6.45, 7) is 4.47. The predicted molar refractivity (Wildman–Crippen MR) is 69.2 cm³/mol. The normalized spacial score (nSPS) is 28.3. The predicted octanol–water partition coefficient (Wildman–Crippen LogP) is 3.09. The fourth-order valence-electron chi connectivity index (χ4n) is 3.02. The molecule has 2 fully saturated rings. The average Bonchev–Trinajstić information content (AvgIpc) is 2.94. The summed E-state index contributed by atoms with van der Waals surface area (Å²) in [4.78, 5) is 2.32. The Bertz CT molecular complexity index is 445. The van der Waals surface area contributed by atoms with E-state index in [2.05, 4.69) is 4.90 Å². The smallest absolute Gasteiger partial charge is 0.129 e. The van der Waals surface area contributed by atoms with E-state index in [1.54, 1.807) is 12.1 Å². The fraction of sp³-hybridized carbons (Fsp3) is 0.571. The third-order valence-corrected chi connectivity index (χ3v) is 4.35. The quantitative estimate of drug-likeness (QED) is 0.818. The standard InChI is InChI=1S/C14H17ClFNO/c15-12-2-1-11(13(16)7-12)8-17-5-3-14(9-17)4-6-18-10-14/h1-2,7H,3-6,8-10H2. The summed E-state index contributed by atoms with van der Waals surface area (Å²) in [5.41, 5.74) is 1.07. The van der Waals surface area contributed by atoms with E-state index >= 15 is 0 Å². The van der Waals surface area contributed by atoms with Crippen molar-refractivity contribution in [1.82, 2.24) is 4.90 Å². The molecule has 0 N–H and O–H groups in total. The monoisotopic (exact) mass is 269 g/mol. The van der Waals surface area contributed by atoms with Crippen LogP contribution in [0, 0.1) is 11.2 Å². The molecule has 2 saturated heterocycles. The lowest BCUT2D eigenvalue weighted by atomic mass is 9.87. The van der Waals surface area contributed by atoms with Gasteiger partial charge in [0.25, 0.3) is 0 Å². The van der Waals surface area contributed by atoms with Gasteiger partial charge in [-0.3, -0.25) is 4.90 Å².